The van der Waals surface area contributed by atoms with Crippen LogP contribution in [0.15, 0.2) is 12.7 Å². The van der Waals surface area contributed by atoms with Crippen molar-refractivity contribution < 1.29 is 62.1 Å². The molecule has 0 aliphatic heterocycles. The number of carbonyl (C=O) groups excluding carboxylic acids is 1. The molecule has 0 aromatic rings. The maximum atomic E-state index is 9.75. The van der Waals surface area contributed by atoms with E-state index in [4.69, 9.17) is 0 Å². The fourth-order valence-electron chi connectivity index (χ4n) is 0. The van der Waals surface area contributed by atoms with Gasteiger partial charge in [0.2, 0.25) is 0 Å². The molecular formula is C3H3OZn3. The van der Waals surface area contributed by atoms with Gasteiger partial charge in [-0.2, -0.15) is 0 Å². The van der Waals surface area contributed by atoms with Gasteiger partial charge in [-0.1, -0.05) is 0 Å². The average Bonchev–Trinajstić information content (AvgIpc) is 1.38. The Morgan fingerprint density at radius 2 is 1.71 bits per heavy atom. The Morgan fingerprint density at radius 3 is 1.71 bits per heavy atom. The van der Waals surface area contributed by atoms with E-state index in [-0.39, 0.29) is 43.3 Å². The van der Waals surface area contributed by atoms with Crippen LogP contribution in [0.2, 0.25) is 0 Å². The molecule has 27 valence electrons. The summed E-state index contributed by atoms with van der Waals surface area (Å²) in [4.78, 5) is 9.75. The minimum Gasteiger partial charge on any atom is 0 e. The van der Waals surface area contributed by atoms with Gasteiger partial charge in [0, 0.05) is 39.0 Å². The van der Waals surface area contributed by atoms with E-state index in [2.05, 4.69) is 6.58 Å². The maximum absolute atomic E-state index is 9.75. The van der Waals surface area contributed by atoms with Crippen molar-refractivity contribution in [3.8, 4) is 0 Å². The first kappa shape index (κ1) is 15.7. The standard InChI is InChI=1S/C3H3O.3Zn/c1-2-3-4;;;/h2H,1H2;;;. The summed E-state index contributed by atoms with van der Waals surface area (Å²) >= 11 is 0.698. The molecule has 4 heteroatoms. The summed E-state index contributed by atoms with van der Waals surface area (Å²) in [6, 6.07) is 0. The summed E-state index contributed by atoms with van der Waals surface area (Å²) in [7, 11) is 0. The van der Waals surface area contributed by atoms with E-state index in [1.54, 1.807) is 0 Å². The van der Waals surface area contributed by atoms with Crippen molar-refractivity contribution in [2.75, 3.05) is 0 Å². The van der Waals surface area contributed by atoms with Crippen LogP contribution in [0.25, 0.3) is 0 Å². The third kappa shape index (κ3) is 18.9. The summed E-state index contributed by atoms with van der Waals surface area (Å²) in [6.45, 7) is 3.24. The molecular weight excluding hydrogens is 248 g/mol. The van der Waals surface area contributed by atoms with Crippen molar-refractivity contribution >= 4 is 4.38 Å². The summed E-state index contributed by atoms with van der Waals surface area (Å²) in [5.41, 5.74) is 0. The minimum atomic E-state index is 0. The molecule has 0 N–H and O–H groups in total. The normalized spacial score (nSPS) is 4.86. The number of hydrogen-bond donors (Lipinski definition) is 0. The number of rotatable bonds is 1. The van der Waals surface area contributed by atoms with Gasteiger partial charge in [0.05, 0.1) is 0 Å². The molecule has 0 atom stereocenters. The molecule has 1 nitrogen and oxygen atoms in total. The Hall–Kier alpha value is 1.28. The van der Waals surface area contributed by atoms with Crippen LogP contribution < -0.4 is 0 Å². The Labute approximate surface area is 78.5 Å². The van der Waals surface area contributed by atoms with Gasteiger partial charge >= 0.3 is 40.1 Å². The molecule has 0 fully saturated rings. The summed E-state index contributed by atoms with van der Waals surface area (Å²) in [5, 5.41) is 0. The van der Waals surface area contributed by atoms with Crippen molar-refractivity contribution in [2.45, 2.75) is 0 Å². The van der Waals surface area contributed by atoms with Crippen molar-refractivity contribution in [1.29, 1.82) is 0 Å². The molecule has 0 aromatic heterocycles. The van der Waals surface area contributed by atoms with Gasteiger partial charge in [-0.15, -0.1) is 0 Å². The predicted octanol–water partition coefficient (Wildman–Crippen LogP) is 0.241. The van der Waals surface area contributed by atoms with E-state index in [0.29, 0.717) is 18.3 Å². The molecule has 0 radical (unpaired) electrons. The number of carbonyl (C=O) groups is 1. The summed E-state index contributed by atoms with van der Waals surface area (Å²) in [5.74, 6) is 0. The van der Waals surface area contributed by atoms with Crippen LogP contribution in [-0.4, -0.2) is 4.38 Å². The molecule has 0 aromatic carbocycles. The quantitative estimate of drug-likeness (QED) is 0.482. The predicted molar refractivity (Wildman–Crippen MR) is 15.2 cm³/mol. The van der Waals surface area contributed by atoms with Crippen LogP contribution in [0.4, 0.5) is 0 Å². The number of hydrogen-bond acceptors (Lipinski definition) is 1. The molecule has 0 aliphatic carbocycles. The topological polar surface area (TPSA) is 17.1 Å². The molecule has 0 amide bonds. The first-order chi connectivity index (χ1) is 2.27. The van der Waals surface area contributed by atoms with Crippen LogP contribution in [-0.2, 0) is 62.1 Å². The molecule has 0 aliphatic rings. The third-order valence-corrected chi connectivity index (χ3v) is 0.833. The zero-order valence-corrected chi connectivity index (χ0v) is 13.2. The molecule has 0 saturated carbocycles. The second-order valence-corrected chi connectivity index (χ2v) is 2.13. The third-order valence-electron chi connectivity index (χ3n) is 0.228. The SMILES string of the molecule is C=C[C](=O)[Zn].[Zn].[Zn]. The second kappa shape index (κ2) is 10.3. The smallest absolute Gasteiger partial charge is 0 e. The van der Waals surface area contributed by atoms with Crippen LogP contribution in [0.3, 0.4) is 0 Å². The zero-order chi connectivity index (χ0) is 4.28. The molecule has 7 heavy (non-hydrogen) atoms. The monoisotopic (exact) mass is 247 g/mol. The Balaban J connectivity index is -0.0000000800. The second-order valence-electron chi connectivity index (χ2n) is 0.670. The van der Waals surface area contributed by atoms with Crippen molar-refractivity contribution in [1.82, 2.24) is 0 Å². The van der Waals surface area contributed by atoms with Gasteiger partial charge in [-0.25, -0.2) is 0 Å². The van der Waals surface area contributed by atoms with Gasteiger partial charge in [0.25, 0.3) is 0 Å². The van der Waals surface area contributed by atoms with Gasteiger partial charge in [-0.05, 0) is 0 Å². The maximum Gasteiger partial charge on any atom is 0 e. The van der Waals surface area contributed by atoms with Gasteiger partial charge < -0.3 is 0 Å². The first-order valence-electron chi connectivity index (χ1n) is 1.25. The molecule has 0 bridgehead atoms. The van der Waals surface area contributed by atoms with Gasteiger partial charge in [0.15, 0.2) is 0 Å². The van der Waals surface area contributed by atoms with E-state index in [0.717, 1.165) is 0 Å². The fourth-order valence-corrected chi connectivity index (χ4v) is 0. The van der Waals surface area contributed by atoms with Crippen molar-refractivity contribution in [3.63, 3.8) is 0 Å². The van der Waals surface area contributed by atoms with Crippen LogP contribution in [0.5, 0.6) is 0 Å². The number of allylic oxidation sites excluding steroid dienone is 1. The summed E-state index contributed by atoms with van der Waals surface area (Å²) < 4.78 is 0.144. The fraction of sp³-hybridized carbons (Fsp3) is 0. The van der Waals surface area contributed by atoms with E-state index >= 15 is 0 Å². The molecule has 0 heterocycles. The zero-order valence-electron chi connectivity index (χ0n) is 4.31. The minimum absolute atomic E-state index is 0. The van der Waals surface area contributed by atoms with E-state index in [1.807, 2.05) is 0 Å². The Bertz CT molecular complexity index is 61.2. The largest absolute Gasteiger partial charge is 0 e. The van der Waals surface area contributed by atoms with E-state index in [1.165, 1.54) is 6.08 Å². The van der Waals surface area contributed by atoms with Gasteiger partial charge in [0.1, 0.15) is 0 Å². The Morgan fingerprint density at radius 1 is 1.57 bits per heavy atom. The Kier molecular flexibility index (Phi) is 23.2. The van der Waals surface area contributed by atoms with E-state index < -0.39 is 0 Å². The van der Waals surface area contributed by atoms with Crippen LogP contribution >= 0.6 is 0 Å². The van der Waals surface area contributed by atoms with Crippen molar-refractivity contribution in [3.05, 3.63) is 12.7 Å². The molecule has 0 spiro atoms. The van der Waals surface area contributed by atoms with Crippen molar-refractivity contribution in [2.24, 2.45) is 0 Å². The first-order valence-corrected chi connectivity index (χ1v) is 2.74. The molecule has 0 rings (SSSR count). The van der Waals surface area contributed by atoms with E-state index in [9.17, 15) is 4.79 Å². The molecule has 0 saturated heterocycles. The van der Waals surface area contributed by atoms with Gasteiger partial charge in [-0.3, -0.25) is 0 Å². The molecule has 0 unspecified atom stereocenters. The summed E-state index contributed by atoms with van der Waals surface area (Å²) in [6.07, 6.45) is 1.33. The average molecular weight is 251 g/mol. The van der Waals surface area contributed by atoms with Crippen LogP contribution in [0.1, 0.15) is 0 Å². The van der Waals surface area contributed by atoms with Crippen LogP contribution in [0, 0.1) is 0 Å².